The number of nitrogens with zero attached hydrogens (tertiary/aromatic N) is 1. The topological polar surface area (TPSA) is 41.6 Å². The molecule has 2 aromatic carbocycles. The molecule has 1 aliphatic carbocycles. The Balaban J connectivity index is 1.71. The molecule has 0 fully saturated rings. The van der Waals surface area contributed by atoms with Crippen LogP contribution in [0.5, 0.6) is 5.75 Å². The van der Waals surface area contributed by atoms with Gasteiger partial charge >= 0.3 is 0 Å². The zero-order chi connectivity index (χ0) is 18.5. The third-order valence-corrected chi connectivity index (χ3v) is 5.26. The molecule has 0 bridgehead atoms. The van der Waals surface area contributed by atoms with Crippen molar-refractivity contribution in [2.24, 2.45) is 0 Å². The van der Waals surface area contributed by atoms with Crippen LogP contribution in [0.3, 0.4) is 0 Å². The van der Waals surface area contributed by atoms with Crippen molar-refractivity contribution in [1.29, 1.82) is 0 Å². The lowest BCUT2D eigenvalue weighted by molar-refractivity contribution is -0.123. The van der Waals surface area contributed by atoms with E-state index in [1.807, 2.05) is 38.4 Å². The Hall–Kier alpha value is -2.33. The highest BCUT2D eigenvalue weighted by Gasteiger charge is 2.27. The SMILES string of the molecule is COc1cccc(C(CNC(=O)C2CCCc3ccccc32)N(C)C)c1. The molecule has 0 spiro atoms. The minimum Gasteiger partial charge on any atom is -0.497 e. The molecule has 2 unspecified atom stereocenters. The van der Waals surface area contributed by atoms with E-state index < -0.39 is 0 Å². The van der Waals surface area contributed by atoms with Gasteiger partial charge < -0.3 is 15.0 Å². The number of hydrogen-bond acceptors (Lipinski definition) is 3. The molecule has 2 atom stereocenters. The van der Waals surface area contributed by atoms with E-state index in [0.29, 0.717) is 6.54 Å². The van der Waals surface area contributed by atoms with Crippen LogP contribution in [-0.4, -0.2) is 38.6 Å². The maximum Gasteiger partial charge on any atom is 0.227 e. The van der Waals surface area contributed by atoms with Crippen molar-refractivity contribution in [1.82, 2.24) is 10.2 Å². The van der Waals surface area contributed by atoms with E-state index in [4.69, 9.17) is 4.74 Å². The number of aryl methyl sites for hydroxylation is 1. The van der Waals surface area contributed by atoms with Crippen molar-refractivity contribution < 1.29 is 9.53 Å². The highest BCUT2D eigenvalue weighted by molar-refractivity contribution is 5.84. The molecule has 0 heterocycles. The van der Waals surface area contributed by atoms with E-state index in [1.54, 1.807) is 7.11 Å². The van der Waals surface area contributed by atoms with Gasteiger partial charge in [0.05, 0.1) is 19.1 Å². The fourth-order valence-electron chi connectivity index (χ4n) is 3.79. The van der Waals surface area contributed by atoms with Crippen LogP contribution in [0.4, 0.5) is 0 Å². The second-order valence-corrected chi connectivity index (χ2v) is 7.14. The van der Waals surface area contributed by atoms with Gasteiger partial charge in [-0.15, -0.1) is 0 Å². The van der Waals surface area contributed by atoms with Gasteiger partial charge in [-0.05, 0) is 62.2 Å². The monoisotopic (exact) mass is 352 g/mol. The van der Waals surface area contributed by atoms with Gasteiger partial charge in [-0.1, -0.05) is 36.4 Å². The normalized spacial score (nSPS) is 17.5. The summed E-state index contributed by atoms with van der Waals surface area (Å²) in [6.07, 6.45) is 3.07. The first-order valence-electron chi connectivity index (χ1n) is 9.26. The van der Waals surface area contributed by atoms with Crippen LogP contribution < -0.4 is 10.1 Å². The highest BCUT2D eigenvalue weighted by atomic mass is 16.5. The number of ether oxygens (including phenoxy) is 1. The number of carbonyl (C=O) groups is 1. The number of likely N-dealkylation sites (N-methyl/N-ethyl adjacent to an activating group) is 1. The summed E-state index contributed by atoms with van der Waals surface area (Å²) in [5.41, 5.74) is 3.65. The van der Waals surface area contributed by atoms with E-state index in [9.17, 15) is 4.79 Å². The van der Waals surface area contributed by atoms with Gasteiger partial charge in [0.2, 0.25) is 5.91 Å². The van der Waals surface area contributed by atoms with Gasteiger partial charge in [-0.3, -0.25) is 4.79 Å². The number of rotatable bonds is 6. The molecule has 1 N–H and O–H groups in total. The molecule has 2 aromatic rings. The molecule has 1 amide bonds. The Kier molecular flexibility index (Phi) is 5.94. The zero-order valence-corrected chi connectivity index (χ0v) is 15.9. The Morgan fingerprint density at radius 2 is 2.04 bits per heavy atom. The van der Waals surface area contributed by atoms with Crippen LogP contribution in [0.25, 0.3) is 0 Å². The molecule has 0 aromatic heterocycles. The van der Waals surface area contributed by atoms with Crippen LogP contribution in [0.15, 0.2) is 48.5 Å². The van der Waals surface area contributed by atoms with Crippen molar-refractivity contribution in [3.05, 3.63) is 65.2 Å². The summed E-state index contributed by atoms with van der Waals surface area (Å²) in [4.78, 5) is 15.0. The standard InChI is InChI=1S/C22H28N2O2/c1-24(2)21(17-10-6-11-18(14-17)26-3)15-23-22(25)20-13-7-9-16-8-4-5-12-19(16)20/h4-6,8,10-12,14,20-21H,7,9,13,15H2,1-3H3,(H,23,25). The first-order chi connectivity index (χ1) is 12.6. The van der Waals surface area contributed by atoms with Gasteiger partial charge in [0, 0.05) is 6.54 Å². The molecule has 3 rings (SSSR count). The fourth-order valence-corrected chi connectivity index (χ4v) is 3.79. The van der Waals surface area contributed by atoms with Gasteiger partial charge in [-0.25, -0.2) is 0 Å². The van der Waals surface area contributed by atoms with E-state index in [2.05, 4.69) is 34.5 Å². The Morgan fingerprint density at radius 3 is 2.81 bits per heavy atom. The summed E-state index contributed by atoms with van der Waals surface area (Å²) in [5.74, 6) is 0.932. The molecule has 26 heavy (non-hydrogen) atoms. The highest BCUT2D eigenvalue weighted by Crippen LogP contribution is 2.31. The first-order valence-corrected chi connectivity index (χ1v) is 9.26. The molecule has 0 saturated carbocycles. The van der Waals surface area contributed by atoms with Gasteiger partial charge in [0.25, 0.3) is 0 Å². The summed E-state index contributed by atoms with van der Waals surface area (Å²) in [6.45, 7) is 0.581. The average Bonchev–Trinajstić information content (AvgIpc) is 2.67. The second kappa shape index (κ2) is 8.37. The van der Waals surface area contributed by atoms with Crippen LogP contribution in [0, 0.1) is 0 Å². The van der Waals surface area contributed by atoms with Crippen LogP contribution in [-0.2, 0) is 11.2 Å². The minimum atomic E-state index is -0.0342. The number of nitrogens with one attached hydrogen (secondary N) is 1. The number of amides is 1. The van der Waals surface area contributed by atoms with Crippen molar-refractivity contribution in [3.63, 3.8) is 0 Å². The predicted octanol–water partition coefficient (Wildman–Crippen LogP) is 3.53. The van der Waals surface area contributed by atoms with Gasteiger partial charge in [0.1, 0.15) is 5.75 Å². The molecule has 138 valence electrons. The van der Waals surface area contributed by atoms with Crippen molar-refractivity contribution in [2.45, 2.75) is 31.2 Å². The van der Waals surface area contributed by atoms with Crippen LogP contribution in [0.2, 0.25) is 0 Å². The lowest BCUT2D eigenvalue weighted by Crippen LogP contribution is -2.37. The lowest BCUT2D eigenvalue weighted by Gasteiger charge is -2.28. The summed E-state index contributed by atoms with van der Waals surface area (Å²) >= 11 is 0. The lowest BCUT2D eigenvalue weighted by atomic mass is 9.82. The Morgan fingerprint density at radius 1 is 1.23 bits per heavy atom. The molecule has 4 nitrogen and oxygen atoms in total. The summed E-state index contributed by atoms with van der Waals surface area (Å²) in [6, 6.07) is 16.5. The summed E-state index contributed by atoms with van der Waals surface area (Å²) in [7, 11) is 5.74. The largest absolute Gasteiger partial charge is 0.497 e. The molecule has 0 radical (unpaired) electrons. The minimum absolute atomic E-state index is 0.0342. The zero-order valence-electron chi connectivity index (χ0n) is 15.9. The Labute approximate surface area is 156 Å². The molecule has 0 aliphatic heterocycles. The van der Waals surface area contributed by atoms with E-state index >= 15 is 0 Å². The molecule has 1 aliphatic rings. The third-order valence-electron chi connectivity index (χ3n) is 5.26. The number of carbonyl (C=O) groups excluding carboxylic acids is 1. The maximum atomic E-state index is 12.9. The molecular weight excluding hydrogens is 324 g/mol. The number of benzene rings is 2. The maximum absolute atomic E-state index is 12.9. The fraction of sp³-hybridized carbons (Fsp3) is 0.409. The third kappa shape index (κ3) is 4.07. The Bertz CT molecular complexity index is 757. The van der Waals surface area contributed by atoms with Crippen molar-refractivity contribution >= 4 is 5.91 Å². The first kappa shape index (κ1) is 18.5. The second-order valence-electron chi connectivity index (χ2n) is 7.14. The van der Waals surface area contributed by atoms with Crippen LogP contribution >= 0.6 is 0 Å². The summed E-state index contributed by atoms with van der Waals surface area (Å²) in [5, 5.41) is 3.19. The van der Waals surface area contributed by atoms with Gasteiger partial charge in [0.15, 0.2) is 0 Å². The van der Waals surface area contributed by atoms with Crippen molar-refractivity contribution in [2.75, 3.05) is 27.7 Å². The van der Waals surface area contributed by atoms with Crippen LogP contribution in [0.1, 0.15) is 41.5 Å². The smallest absolute Gasteiger partial charge is 0.227 e. The quantitative estimate of drug-likeness (QED) is 0.865. The van der Waals surface area contributed by atoms with Crippen molar-refractivity contribution in [3.8, 4) is 5.75 Å². The number of hydrogen-bond donors (Lipinski definition) is 1. The molecule has 4 heteroatoms. The predicted molar refractivity (Wildman–Crippen MR) is 105 cm³/mol. The number of fused-ring (bicyclic) bond motifs is 1. The van der Waals surface area contributed by atoms with E-state index in [-0.39, 0.29) is 17.9 Å². The average molecular weight is 352 g/mol. The molecule has 0 saturated heterocycles. The van der Waals surface area contributed by atoms with Gasteiger partial charge in [-0.2, -0.15) is 0 Å². The summed E-state index contributed by atoms with van der Waals surface area (Å²) < 4.78 is 5.34. The molecular formula is C22H28N2O2. The van der Waals surface area contributed by atoms with E-state index in [1.165, 1.54) is 11.1 Å². The van der Waals surface area contributed by atoms with E-state index in [0.717, 1.165) is 30.6 Å². The number of methoxy groups -OCH3 is 1.